The number of aromatic nitrogens is 3. The lowest BCUT2D eigenvalue weighted by Gasteiger charge is -2.17. The van der Waals surface area contributed by atoms with Gasteiger partial charge in [-0.25, -0.2) is 0 Å². The summed E-state index contributed by atoms with van der Waals surface area (Å²) in [5.41, 5.74) is 1.89. The molecule has 1 aliphatic rings. The van der Waals surface area contributed by atoms with Crippen LogP contribution >= 0.6 is 0 Å². The molecule has 3 rings (SSSR count). The molecule has 0 radical (unpaired) electrons. The Labute approximate surface area is 153 Å². The zero-order valence-corrected chi connectivity index (χ0v) is 15.7. The summed E-state index contributed by atoms with van der Waals surface area (Å²) in [6.45, 7) is 5.06. The second kappa shape index (κ2) is 7.72. The lowest BCUT2D eigenvalue weighted by Crippen LogP contribution is -2.31. The Hall–Kier alpha value is -2.64. The van der Waals surface area contributed by atoms with Gasteiger partial charge in [0.1, 0.15) is 11.9 Å². The largest absolute Gasteiger partial charge is 0.471 e. The molecule has 1 atom stereocenters. The van der Waals surface area contributed by atoms with Gasteiger partial charge in [0.25, 0.3) is 0 Å². The molecule has 0 N–H and O–H groups in total. The SMILES string of the molecule is Cc1noc(C)c1CCC(=O)N1CCC(Oc2cncc(N(C)C)n2)C1. The van der Waals surface area contributed by atoms with Crippen LogP contribution in [0.4, 0.5) is 5.82 Å². The molecule has 8 heteroatoms. The fourth-order valence-electron chi connectivity index (χ4n) is 3.08. The third-order valence-electron chi connectivity index (χ3n) is 4.61. The normalized spacial score (nSPS) is 16.8. The average molecular weight is 359 g/mol. The highest BCUT2D eigenvalue weighted by atomic mass is 16.5. The summed E-state index contributed by atoms with van der Waals surface area (Å²) in [4.78, 5) is 24.8. The van der Waals surface area contributed by atoms with Gasteiger partial charge in [-0.15, -0.1) is 0 Å². The summed E-state index contributed by atoms with van der Waals surface area (Å²) in [7, 11) is 3.81. The van der Waals surface area contributed by atoms with Crippen LogP contribution in [-0.4, -0.2) is 59.2 Å². The van der Waals surface area contributed by atoms with E-state index in [4.69, 9.17) is 9.26 Å². The number of likely N-dealkylation sites (tertiary alicyclic amines) is 1. The molecule has 1 aliphatic heterocycles. The van der Waals surface area contributed by atoms with Crippen LogP contribution < -0.4 is 9.64 Å². The van der Waals surface area contributed by atoms with Gasteiger partial charge in [0.15, 0.2) is 5.82 Å². The average Bonchev–Trinajstić information content (AvgIpc) is 3.20. The summed E-state index contributed by atoms with van der Waals surface area (Å²) in [6, 6.07) is 0. The Morgan fingerprint density at radius 3 is 2.88 bits per heavy atom. The van der Waals surface area contributed by atoms with Crippen LogP contribution in [0, 0.1) is 13.8 Å². The van der Waals surface area contributed by atoms with Crippen molar-refractivity contribution in [3.8, 4) is 5.88 Å². The van der Waals surface area contributed by atoms with Crippen molar-refractivity contribution >= 4 is 11.7 Å². The van der Waals surface area contributed by atoms with E-state index in [1.165, 1.54) is 0 Å². The zero-order valence-electron chi connectivity index (χ0n) is 15.7. The van der Waals surface area contributed by atoms with Gasteiger partial charge < -0.3 is 19.1 Å². The minimum atomic E-state index is -0.0512. The minimum Gasteiger partial charge on any atom is -0.471 e. The van der Waals surface area contributed by atoms with E-state index in [9.17, 15) is 4.79 Å². The predicted molar refractivity (Wildman–Crippen MR) is 96.3 cm³/mol. The first-order valence-electron chi connectivity index (χ1n) is 8.79. The number of amides is 1. The van der Waals surface area contributed by atoms with E-state index < -0.39 is 0 Å². The maximum absolute atomic E-state index is 12.5. The lowest BCUT2D eigenvalue weighted by atomic mass is 10.1. The van der Waals surface area contributed by atoms with Crippen molar-refractivity contribution in [1.82, 2.24) is 20.0 Å². The molecule has 1 fully saturated rings. The van der Waals surface area contributed by atoms with Crippen molar-refractivity contribution in [1.29, 1.82) is 0 Å². The molecular formula is C18H25N5O3. The van der Waals surface area contributed by atoms with E-state index >= 15 is 0 Å². The van der Waals surface area contributed by atoms with Gasteiger partial charge in [0, 0.05) is 39.0 Å². The summed E-state index contributed by atoms with van der Waals surface area (Å²) >= 11 is 0. The summed E-state index contributed by atoms with van der Waals surface area (Å²) in [5.74, 6) is 2.15. The van der Waals surface area contributed by atoms with Gasteiger partial charge in [-0.05, 0) is 20.3 Å². The molecule has 1 amide bonds. The van der Waals surface area contributed by atoms with Crippen LogP contribution in [0.5, 0.6) is 5.88 Å². The summed E-state index contributed by atoms with van der Waals surface area (Å²) in [6.07, 6.45) is 5.14. The fourth-order valence-corrected chi connectivity index (χ4v) is 3.08. The van der Waals surface area contributed by atoms with Gasteiger partial charge in [-0.1, -0.05) is 5.16 Å². The smallest absolute Gasteiger partial charge is 0.234 e. The Bertz CT molecular complexity index is 754. The van der Waals surface area contributed by atoms with E-state index in [1.54, 1.807) is 12.4 Å². The molecule has 0 aromatic carbocycles. The van der Waals surface area contributed by atoms with Crippen LogP contribution in [0.3, 0.4) is 0 Å². The van der Waals surface area contributed by atoms with E-state index in [2.05, 4.69) is 15.1 Å². The van der Waals surface area contributed by atoms with Crippen LogP contribution in [0.25, 0.3) is 0 Å². The molecule has 2 aromatic rings. The quantitative estimate of drug-likeness (QED) is 0.777. The van der Waals surface area contributed by atoms with E-state index in [-0.39, 0.29) is 12.0 Å². The molecule has 0 spiro atoms. The molecule has 0 bridgehead atoms. The van der Waals surface area contributed by atoms with Crippen molar-refractivity contribution in [3.63, 3.8) is 0 Å². The van der Waals surface area contributed by atoms with Crippen molar-refractivity contribution in [3.05, 3.63) is 29.4 Å². The number of anilines is 1. The standard InChI is InChI=1S/C18H25N5O3/c1-12-15(13(2)26-21-12)5-6-18(24)23-8-7-14(11-23)25-17-10-19-9-16(20-17)22(3)4/h9-10,14H,5-8,11H2,1-4H3. The van der Waals surface area contributed by atoms with Crippen LogP contribution in [0.1, 0.15) is 29.9 Å². The Morgan fingerprint density at radius 1 is 1.38 bits per heavy atom. The predicted octanol–water partition coefficient (Wildman–Crippen LogP) is 1.76. The monoisotopic (exact) mass is 359 g/mol. The first-order valence-corrected chi connectivity index (χ1v) is 8.79. The summed E-state index contributed by atoms with van der Waals surface area (Å²) < 4.78 is 11.1. The molecule has 3 heterocycles. The second-order valence-corrected chi connectivity index (χ2v) is 6.78. The zero-order chi connectivity index (χ0) is 18.7. The van der Waals surface area contributed by atoms with Gasteiger partial charge in [0.05, 0.1) is 24.6 Å². The highest BCUT2D eigenvalue weighted by molar-refractivity contribution is 5.76. The minimum absolute atomic E-state index is 0.0512. The Kier molecular flexibility index (Phi) is 5.39. The molecule has 26 heavy (non-hydrogen) atoms. The molecule has 1 unspecified atom stereocenters. The first-order chi connectivity index (χ1) is 12.4. The van der Waals surface area contributed by atoms with E-state index in [0.717, 1.165) is 29.3 Å². The second-order valence-electron chi connectivity index (χ2n) is 6.78. The number of hydrogen-bond acceptors (Lipinski definition) is 7. The highest BCUT2D eigenvalue weighted by Gasteiger charge is 2.28. The van der Waals surface area contributed by atoms with Gasteiger partial charge >= 0.3 is 0 Å². The maximum Gasteiger partial charge on any atom is 0.234 e. The molecule has 1 saturated heterocycles. The number of carbonyl (C=O) groups excluding carboxylic acids is 1. The fraction of sp³-hybridized carbons (Fsp3) is 0.556. The molecule has 2 aromatic heterocycles. The van der Waals surface area contributed by atoms with Crippen molar-refractivity contribution in [2.24, 2.45) is 0 Å². The molecule has 0 saturated carbocycles. The first kappa shape index (κ1) is 18.2. The highest BCUT2D eigenvalue weighted by Crippen LogP contribution is 2.20. The van der Waals surface area contributed by atoms with E-state index in [1.807, 2.05) is 37.7 Å². The molecule has 0 aliphatic carbocycles. The number of ether oxygens (including phenoxy) is 1. The van der Waals surface area contributed by atoms with Gasteiger partial charge in [-0.2, -0.15) is 4.98 Å². The summed E-state index contributed by atoms with van der Waals surface area (Å²) in [5, 5.41) is 3.93. The Balaban J connectivity index is 1.52. The third-order valence-corrected chi connectivity index (χ3v) is 4.61. The molecule has 8 nitrogen and oxygen atoms in total. The van der Waals surface area contributed by atoms with Crippen molar-refractivity contribution < 1.29 is 14.1 Å². The van der Waals surface area contributed by atoms with E-state index in [0.29, 0.717) is 31.8 Å². The maximum atomic E-state index is 12.5. The van der Waals surface area contributed by atoms with Crippen LogP contribution in [-0.2, 0) is 11.2 Å². The van der Waals surface area contributed by atoms with Gasteiger partial charge in [-0.3, -0.25) is 9.78 Å². The number of aryl methyl sites for hydroxylation is 2. The topological polar surface area (TPSA) is 84.6 Å². The Morgan fingerprint density at radius 2 is 2.19 bits per heavy atom. The van der Waals surface area contributed by atoms with Crippen molar-refractivity contribution in [2.45, 2.75) is 39.2 Å². The lowest BCUT2D eigenvalue weighted by molar-refractivity contribution is -0.130. The number of carbonyl (C=O) groups is 1. The molecular weight excluding hydrogens is 334 g/mol. The van der Waals surface area contributed by atoms with Crippen molar-refractivity contribution in [2.75, 3.05) is 32.1 Å². The number of nitrogens with zero attached hydrogens (tertiary/aromatic N) is 5. The number of hydrogen-bond donors (Lipinski definition) is 0. The number of rotatable bonds is 6. The third kappa shape index (κ3) is 4.12. The van der Waals surface area contributed by atoms with Gasteiger partial charge in [0.2, 0.25) is 11.8 Å². The molecule has 140 valence electrons. The van der Waals surface area contributed by atoms with Crippen LogP contribution in [0.15, 0.2) is 16.9 Å². The van der Waals surface area contributed by atoms with Crippen LogP contribution in [0.2, 0.25) is 0 Å².